The minimum atomic E-state index is -0.304. The predicted octanol–water partition coefficient (Wildman–Crippen LogP) is 3.18. The molecule has 0 saturated carbocycles. The summed E-state index contributed by atoms with van der Waals surface area (Å²) in [7, 11) is 0. The molecule has 26 heavy (non-hydrogen) atoms. The number of ketones is 1. The Hall–Kier alpha value is -2.63. The first-order chi connectivity index (χ1) is 12.1. The van der Waals surface area contributed by atoms with Crippen molar-refractivity contribution in [2.45, 2.75) is 47.0 Å². The summed E-state index contributed by atoms with van der Waals surface area (Å²) in [5.74, 6) is -0.00580. The van der Waals surface area contributed by atoms with Crippen molar-refractivity contribution >= 4 is 23.3 Å². The van der Waals surface area contributed by atoms with Crippen LogP contribution in [0.25, 0.3) is 0 Å². The molecule has 6 heteroatoms. The average Bonchev–Trinajstić information content (AvgIpc) is 2.50. The van der Waals surface area contributed by atoms with E-state index in [9.17, 15) is 14.4 Å². The van der Waals surface area contributed by atoms with E-state index in [-0.39, 0.29) is 28.9 Å². The Kier molecular flexibility index (Phi) is 6.18. The van der Waals surface area contributed by atoms with E-state index in [0.717, 1.165) is 0 Å². The summed E-state index contributed by atoms with van der Waals surface area (Å²) in [5, 5.41) is 2.80. The van der Waals surface area contributed by atoms with Crippen LogP contribution in [0.5, 0.6) is 0 Å². The van der Waals surface area contributed by atoms with E-state index < -0.39 is 0 Å². The van der Waals surface area contributed by atoms with Gasteiger partial charge in [-0.15, -0.1) is 0 Å². The molecule has 0 fully saturated rings. The monoisotopic (exact) mass is 357 g/mol. The number of carbonyl (C=O) groups excluding carboxylic acids is 3. The molecule has 0 saturated heterocycles. The third-order valence-electron chi connectivity index (χ3n) is 4.02. The number of benzene rings is 1. The van der Waals surface area contributed by atoms with Crippen molar-refractivity contribution in [1.82, 2.24) is 10.9 Å². The molecular weight excluding hydrogens is 330 g/mol. The fraction of sp³-hybridized carbons (Fsp3) is 0.450. The van der Waals surface area contributed by atoms with Crippen LogP contribution in [0.1, 0.15) is 57.3 Å². The Labute approximate surface area is 154 Å². The van der Waals surface area contributed by atoms with E-state index in [0.29, 0.717) is 36.2 Å². The maximum absolute atomic E-state index is 12.2. The highest BCUT2D eigenvalue weighted by atomic mass is 16.2. The quantitative estimate of drug-likeness (QED) is 0.683. The van der Waals surface area contributed by atoms with Crippen molar-refractivity contribution in [2.75, 3.05) is 5.32 Å². The lowest BCUT2D eigenvalue weighted by Crippen LogP contribution is -2.39. The summed E-state index contributed by atoms with van der Waals surface area (Å²) in [6, 6.07) is 6.68. The third-order valence-corrected chi connectivity index (χ3v) is 4.02. The number of amides is 2. The topological polar surface area (TPSA) is 87.3 Å². The van der Waals surface area contributed by atoms with Gasteiger partial charge in [0.25, 0.3) is 5.91 Å². The Morgan fingerprint density at radius 1 is 1.12 bits per heavy atom. The first kappa shape index (κ1) is 19.7. The standard InChI is InChI=1S/C20H27N3O3/c1-13(2)9-18(25)21-15-7-5-14(6-8-15)19(26)23-22-16-10-17(24)12-20(3,4)11-16/h5-8,10,13,22H,9,11-12H2,1-4H3,(H,21,25)(H,23,26). The van der Waals surface area contributed by atoms with E-state index in [4.69, 9.17) is 0 Å². The number of hydrazine groups is 1. The molecule has 1 aliphatic rings. The summed E-state index contributed by atoms with van der Waals surface area (Å²) in [4.78, 5) is 35.7. The highest BCUT2D eigenvalue weighted by molar-refractivity contribution is 5.96. The highest BCUT2D eigenvalue weighted by Gasteiger charge is 2.27. The van der Waals surface area contributed by atoms with Crippen molar-refractivity contribution in [3.8, 4) is 0 Å². The molecule has 0 aromatic heterocycles. The average molecular weight is 357 g/mol. The summed E-state index contributed by atoms with van der Waals surface area (Å²) in [6.45, 7) is 8.01. The smallest absolute Gasteiger partial charge is 0.269 e. The second-order valence-corrected chi connectivity index (χ2v) is 7.96. The van der Waals surface area contributed by atoms with E-state index in [1.807, 2.05) is 27.7 Å². The summed E-state index contributed by atoms with van der Waals surface area (Å²) < 4.78 is 0. The van der Waals surface area contributed by atoms with Gasteiger partial charge in [-0.25, -0.2) is 0 Å². The van der Waals surface area contributed by atoms with Gasteiger partial charge in [-0.3, -0.25) is 19.8 Å². The Bertz CT molecular complexity index is 718. The largest absolute Gasteiger partial charge is 0.326 e. The zero-order chi connectivity index (χ0) is 19.3. The molecule has 2 amide bonds. The first-order valence-corrected chi connectivity index (χ1v) is 8.84. The molecule has 1 aromatic rings. The maximum atomic E-state index is 12.2. The lowest BCUT2D eigenvalue weighted by molar-refractivity contribution is -0.117. The highest BCUT2D eigenvalue weighted by Crippen LogP contribution is 2.32. The summed E-state index contributed by atoms with van der Waals surface area (Å²) >= 11 is 0. The molecule has 2 rings (SSSR count). The van der Waals surface area contributed by atoms with Gasteiger partial charge in [0.15, 0.2) is 5.78 Å². The van der Waals surface area contributed by atoms with E-state index >= 15 is 0 Å². The van der Waals surface area contributed by atoms with E-state index in [1.165, 1.54) is 0 Å². The molecule has 0 spiro atoms. The van der Waals surface area contributed by atoms with Crippen molar-refractivity contribution in [3.05, 3.63) is 41.6 Å². The van der Waals surface area contributed by atoms with Crippen LogP contribution in [0.4, 0.5) is 5.69 Å². The van der Waals surface area contributed by atoms with Crippen LogP contribution in [-0.4, -0.2) is 17.6 Å². The van der Waals surface area contributed by atoms with Crippen molar-refractivity contribution in [3.63, 3.8) is 0 Å². The zero-order valence-electron chi connectivity index (χ0n) is 15.8. The lowest BCUT2D eigenvalue weighted by Gasteiger charge is -2.29. The number of hydrogen-bond acceptors (Lipinski definition) is 4. The van der Waals surface area contributed by atoms with Gasteiger partial charge in [0.05, 0.1) is 0 Å². The Balaban J connectivity index is 1.90. The second-order valence-electron chi connectivity index (χ2n) is 7.96. The van der Waals surface area contributed by atoms with Crippen LogP contribution in [-0.2, 0) is 9.59 Å². The molecule has 0 radical (unpaired) electrons. The predicted molar refractivity (Wildman–Crippen MR) is 101 cm³/mol. The molecular formula is C20H27N3O3. The summed E-state index contributed by atoms with van der Waals surface area (Å²) in [6.07, 6.45) is 3.20. The van der Waals surface area contributed by atoms with Crippen LogP contribution in [0.2, 0.25) is 0 Å². The van der Waals surface area contributed by atoms with Gasteiger partial charge < -0.3 is 10.7 Å². The van der Waals surface area contributed by atoms with Gasteiger partial charge >= 0.3 is 0 Å². The zero-order valence-corrected chi connectivity index (χ0v) is 15.8. The number of allylic oxidation sites excluding steroid dienone is 2. The van der Waals surface area contributed by atoms with E-state index in [2.05, 4.69) is 16.2 Å². The Morgan fingerprint density at radius 3 is 2.35 bits per heavy atom. The number of anilines is 1. The van der Waals surface area contributed by atoms with Crippen LogP contribution in [0.15, 0.2) is 36.0 Å². The minimum absolute atomic E-state index is 0.0459. The van der Waals surface area contributed by atoms with Gasteiger partial charge in [0, 0.05) is 35.9 Å². The van der Waals surface area contributed by atoms with E-state index in [1.54, 1.807) is 30.3 Å². The number of rotatable bonds is 6. The number of nitrogens with one attached hydrogen (secondary N) is 3. The maximum Gasteiger partial charge on any atom is 0.269 e. The minimum Gasteiger partial charge on any atom is -0.326 e. The molecule has 1 aromatic carbocycles. The van der Waals surface area contributed by atoms with Gasteiger partial charge in [0.1, 0.15) is 0 Å². The fourth-order valence-corrected chi connectivity index (χ4v) is 2.92. The Morgan fingerprint density at radius 2 is 1.77 bits per heavy atom. The molecule has 0 aliphatic heterocycles. The molecule has 0 heterocycles. The van der Waals surface area contributed by atoms with Crippen LogP contribution in [0, 0.1) is 11.3 Å². The van der Waals surface area contributed by atoms with Gasteiger partial charge in [-0.1, -0.05) is 27.7 Å². The van der Waals surface area contributed by atoms with Crippen LogP contribution in [0.3, 0.4) is 0 Å². The van der Waals surface area contributed by atoms with Crippen molar-refractivity contribution in [2.24, 2.45) is 11.3 Å². The van der Waals surface area contributed by atoms with Gasteiger partial charge in [0.2, 0.25) is 5.91 Å². The first-order valence-electron chi connectivity index (χ1n) is 8.84. The van der Waals surface area contributed by atoms with Crippen LogP contribution < -0.4 is 16.2 Å². The lowest BCUT2D eigenvalue weighted by atomic mass is 9.79. The van der Waals surface area contributed by atoms with Crippen molar-refractivity contribution < 1.29 is 14.4 Å². The second kappa shape index (κ2) is 8.17. The molecule has 6 nitrogen and oxygen atoms in total. The molecule has 140 valence electrons. The van der Waals surface area contributed by atoms with Crippen LogP contribution >= 0.6 is 0 Å². The molecule has 0 unspecified atom stereocenters. The van der Waals surface area contributed by atoms with Crippen molar-refractivity contribution in [1.29, 1.82) is 0 Å². The molecule has 3 N–H and O–H groups in total. The molecule has 1 aliphatic carbocycles. The third kappa shape index (κ3) is 6.02. The molecule has 0 bridgehead atoms. The number of hydrogen-bond donors (Lipinski definition) is 3. The summed E-state index contributed by atoms with van der Waals surface area (Å²) in [5.41, 5.74) is 7.17. The SMILES string of the molecule is CC(C)CC(=O)Nc1ccc(C(=O)NNC2=CC(=O)CC(C)(C)C2)cc1. The van der Waals surface area contributed by atoms with Gasteiger partial charge in [-0.2, -0.15) is 0 Å². The molecule has 0 atom stereocenters. The van der Waals surface area contributed by atoms with Gasteiger partial charge in [-0.05, 0) is 42.0 Å². The number of carbonyl (C=O) groups is 3. The fourth-order valence-electron chi connectivity index (χ4n) is 2.92. The normalized spacial score (nSPS) is 16.0.